The molecule has 0 bridgehead atoms. The molecule has 5 nitrogen and oxygen atoms in total. The maximum Gasteiger partial charge on any atom is 0.160 e. The Morgan fingerprint density at radius 1 is 0.490 bits per heavy atom. The van der Waals surface area contributed by atoms with Crippen LogP contribution in [0.25, 0.3) is 72.0 Å². The van der Waals surface area contributed by atoms with Gasteiger partial charge in [0.15, 0.2) is 5.82 Å². The first-order chi connectivity index (χ1) is 24.3. The summed E-state index contributed by atoms with van der Waals surface area (Å²) in [7, 11) is 0. The molecule has 49 heavy (non-hydrogen) atoms. The smallest absolute Gasteiger partial charge is 0.160 e. The number of rotatable bonds is 2. The van der Waals surface area contributed by atoms with E-state index in [4.69, 9.17) is 14.7 Å². The number of hydrogen-bond donors (Lipinski definition) is 0. The summed E-state index contributed by atoms with van der Waals surface area (Å²) in [4.78, 5) is 12.6. The molecule has 0 amide bonds. The van der Waals surface area contributed by atoms with Gasteiger partial charge in [0.1, 0.15) is 17.3 Å². The topological polar surface area (TPSA) is 43.2 Å². The third-order valence-electron chi connectivity index (χ3n) is 9.89. The summed E-state index contributed by atoms with van der Waals surface area (Å²) >= 11 is 0. The normalized spacial score (nSPS) is 12.6. The molecule has 228 valence electrons. The fourth-order valence-electron chi connectivity index (χ4n) is 7.68. The Labute approximate surface area is 281 Å². The van der Waals surface area contributed by atoms with Crippen molar-refractivity contribution < 1.29 is 4.74 Å². The lowest BCUT2D eigenvalue weighted by atomic mass is 10.0. The molecule has 0 aliphatic carbocycles. The number of aromatic nitrogens is 3. The Kier molecular flexibility index (Phi) is 5.32. The predicted molar refractivity (Wildman–Crippen MR) is 198 cm³/mol. The molecule has 11 rings (SSSR count). The molecule has 0 fully saturated rings. The molecule has 4 heterocycles. The van der Waals surface area contributed by atoms with Gasteiger partial charge in [-0.15, -0.1) is 0 Å². The molecule has 0 unspecified atom stereocenters. The molecule has 2 aliphatic heterocycles. The summed E-state index contributed by atoms with van der Waals surface area (Å²) in [6, 6.07) is 55.7. The summed E-state index contributed by atoms with van der Waals surface area (Å²) in [6.45, 7) is 0. The van der Waals surface area contributed by atoms with Crippen molar-refractivity contribution >= 4 is 49.8 Å². The summed E-state index contributed by atoms with van der Waals surface area (Å²) in [5.74, 6) is 3.38. The summed E-state index contributed by atoms with van der Waals surface area (Å²) < 4.78 is 8.64. The number of anilines is 3. The number of hydrogen-bond acceptors (Lipinski definition) is 4. The minimum atomic E-state index is 0.687. The van der Waals surface area contributed by atoms with Crippen molar-refractivity contribution in [2.24, 2.45) is 0 Å². The van der Waals surface area contributed by atoms with Gasteiger partial charge in [-0.1, -0.05) is 78.9 Å². The molecule has 2 aliphatic rings. The largest absolute Gasteiger partial charge is 0.456 e. The Hall–Kier alpha value is -6.72. The lowest BCUT2D eigenvalue weighted by molar-refractivity contribution is 0.486. The highest BCUT2D eigenvalue weighted by atomic mass is 16.5. The molecule has 0 radical (unpaired) electrons. The molecule has 2 aromatic heterocycles. The Morgan fingerprint density at radius 2 is 1.16 bits per heavy atom. The van der Waals surface area contributed by atoms with E-state index in [1.807, 2.05) is 36.4 Å². The van der Waals surface area contributed by atoms with Crippen molar-refractivity contribution in [2.75, 3.05) is 4.90 Å². The first-order valence-electron chi connectivity index (χ1n) is 16.5. The number of ether oxygens (including phenoxy) is 1. The third-order valence-corrected chi connectivity index (χ3v) is 9.89. The van der Waals surface area contributed by atoms with E-state index in [2.05, 4.69) is 131 Å². The quantitative estimate of drug-likeness (QED) is 0.191. The number of nitrogens with zero attached hydrogens (tertiary/aromatic N) is 4. The molecule has 0 N–H and O–H groups in total. The second kappa shape index (κ2) is 9.89. The fourth-order valence-corrected chi connectivity index (χ4v) is 7.68. The van der Waals surface area contributed by atoms with Crippen LogP contribution in [0.4, 0.5) is 17.2 Å². The second-order valence-electron chi connectivity index (χ2n) is 12.7. The van der Waals surface area contributed by atoms with Crippen LogP contribution >= 0.6 is 0 Å². The molecule has 0 spiro atoms. The van der Waals surface area contributed by atoms with E-state index in [0.717, 1.165) is 62.1 Å². The van der Waals surface area contributed by atoms with E-state index in [1.54, 1.807) is 0 Å². The average molecular weight is 627 g/mol. The maximum absolute atomic E-state index is 6.23. The fraction of sp³-hybridized carbons (Fsp3) is 0. The lowest BCUT2D eigenvalue weighted by Gasteiger charge is -2.26. The molecule has 5 heteroatoms. The van der Waals surface area contributed by atoms with Crippen LogP contribution in [0.5, 0.6) is 11.5 Å². The summed E-state index contributed by atoms with van der Waals surface area (Å²) in [5.41, 5.74) is 10.6. The lowest BCUT2D eigenvalue weighted by Crippen LogP contribution is -2.12. The zero-order valence-electron chi connectivity index (χ0n) is 26.2. The van der Waals surface area contributed by atoms with Crippen molar-refractivity contribution in [3.05, 3.63) is 158 Å². The van der Waals surface area contributed by atoms with Gasteiger partial charge in [0.25, 0.3) is 0 Å². The average Bonchev–Trinajstić information content (AvgIpc) is 3.46. The van der Waals surface area contributed by atoms with Crippen LogP contribution < -0.4 is 9.64 Å². The van der Waals surface area contributed by atoms with Gasteiger partial charge in [0.2, 0.25) is 0 Å². The first kappa shape index (κ1) is 26.4. The van der Waals surface area contributed by atoms with Gasteiger partial charge in [-0.2, -0.15) is 0 Å². The molecule has 7 aromatic carbocycles. The number of fused-ring (bicyclic) bond motifs is 10. The van der Waals surface area contributed by atoms with Crippen molar-refractivity contribution in [3.63, 3.8) is 0 Å². The molecule has 0 atom stereocenters. The van der Waals surface area contributed by atoms with Gasteiger partial charge in [0.05, 0.1) is 33.5 Å². The molecule has 0 saturated heterocycles. The van der Waals surface area contributed by atoms with Gasteiger partial charge >= 0.3 is 0 Å². The predicted octanol–water partition coefficient (Wildman–Crippen LogP) is 11.6. The Balaban J connectivity index is 1.12. The van der Waals surface area contributed by atoms with E-state index in [-0.39, 0.29) is 0 Å². The van der Waals surface area contributed by atoms with Crippen molar-refractivity contribution in [1.82, 2.24) is 14.5 Å². The van der Waals surface area contributed by atoms with Crippen molar-refractivity contribution in [1.29, 1.82) is 0 Å². The second-order valence-corrected chi connectivity index (χ2v) is 12.7. The van der Waals surface area contributed by atoms with Crippen LogP contribution in [0, 0.1) is 0 Å². The third kappa shape index (κ3) is 3.81. The molecule has 0 saturated carbocycles. The zero-order chi connectivity index (χ0) is 32.1. The Morgan fingerprint density at radius 3 is 2.00 bits per heavy atom. The van der Waals surface area contributed by atoms with Crippen LogP contribution in [-0.4, -0.2) is 14.5 Å². The van der Waals surface area contributed by atoms with Gasteiger partial charge in [0, 0.05) is 33.3 Å². The number of benzene rings is 7. The van der Waals surface area contributed by atoms with Gasteiger partial charge in [-0.25, -0.2) is 9.97 Å². The van der Waals surface area contributed by atoms with E-state index in [9.17, 15) is 0 Å². The van der Waals surface area contributed by atoms with E-state index in [1.165, 1.54) is 32.8 Å². The van der Waals surface area contributed by atoms with Gasteiger partial charge in [-0.3, -0.25) is 9.47 Å². The number of para-hydroxylation sites is 3. The molecular weight excluding hydrogens is 601 g/mol. The summed E-state index contributed by atoms with van der Waals surface area (Å²) in [5, 5.41) is 4.60. The highest BCUT2D eigenvalue weighted by molar-refractivity contribution is 6.04. The zero-order valence-corrected chi connectivity index (χ0v) is 26.2. The highest BCUT2D eigenvalue weighted by Gasteiger charge is 2.28. The van der Waals surface area contributed by atoms with Crippen molar-refractivity contribution in [3.8, 4) is 51.0 Å². The van der Waals surface area contributed by atoms with E-state index < -0.39 is 0 Å². The first-order valence-corrected chi connectivity index (χ1v) is 16.5. The van der Waals surface area contributed by atoms with E-state index in [0.29, 0.717) is 5.82 Å². The molecular formula is C44H26N4O. The minimum absolute atomic E-state index is 0.687. The standard InChI is InChI=1S/C44H26N4O/c1-2-11-29-25-38-30(24-28(29)10-1)26-41-47(36-16-6-3-12-32(36)33-13-4-7-17-37(33)48(38)41)31-22-20-27(21-23-31)44-45-35-15-9-19-40-42(35)43(46-44)34-14-5-8-18-39(34)49-40/h1-26H. The van der Waals surface area contributed by atoms with E-state index >= 15 is 0 Å². The SMILES string of the molecule is c1ccc2c(c1)Oc1cccc3nc(-c4ccc(N5c6ccccc6-c6ccccc6-n6c5cc5cc7ccccc7cc56)cc4)nc-2c13. The Bertz CT molecular complexity index is 2820. The van der Waals surface area contributed by atoms with Gasteiger partial charge in [-0.05, 0) is 89.6 Å². The van der Waals surface area contributed by atoms with Crippen LogP contribution in [-0.2, 0) is 0 Å². The van der Waals surface area contributed by atoms with Crippen LogP contribution in [0.15, 0.2) is 158 Å². The minimum Gasteiger partial charge on any atom is -0.456 e. The maximum atomic E-state index is 6.23. The van der Waals surface area contributed by atoms with Crippen LogP contribution in [0.3, 0.4) is 0 Å². The van der Waals surface area contributed by atoms with Gasteiger partial charge < -0.3 is 4.74 Å². The summed E-state index contributed by atoms with van der Waals surface area (Å²) in [6.07, 6.45) is 0. The van der Waals surface area contributed by atoms with Crippen LogP contribution in [0.1, 0.15) is 0 Å². The van der Waals surface area contributed by atoms with Crippen molar-refractivity contribution in [2.45, 2.75) is 0 Å². The highest BCUT2D eigenvalue weighted by Crippen LogP contribution is 2.50. The van der Waals surface area contributed by atoms with Crippen LogP contribution in [0.2, 0.25) is 0 Å². The monoisotopic (exact) mass is 626 g/mol. The molecule has 9 aromatic rings.